The highest BCUT2D eigenvalue weighted by molar-refractivity contribution is 6.04. The molecule has 204 valence electrons. The summed E-state index contributed by atoms with van der Waals surface area (Å²) in [5, 5.41) is 7.46. The summed E-state index contributed by atoms with van der Waals surface area (Å²) in [6, 6.07) is 10.6. The predicted molar refractivity (Wildman–Crippen MR) is 137 cm³/mol. The molecule has 4 rings (SSSR count). The van der Waals surface area contributed by atoms with E-state index in [1.807, 2.05) is 20.8 Å². The van der Waals surface area contributed by atoms with Gasteiger partial charge in [0, 0.05) is 5.56 Å². The smallest absolute Gasteiger partial charge is 0.434 e. The number of hydrogen-bond donors (Lipinski definition) is 3. The summed E-state index contributed by atoms with van der Waals surface area (Å²) in [7, 11) is 0. The molecule has 0 atom stereocenters. The molecule has 13 heteroatoms. The quantitative estimate of drug-likeness (QED) is 0.214. The minimum Gasteiger partial charge on any atom is -0.487 e. The molecule has 0 bridgehead atoms. The number of amides is 1. The third-order valence-corrected chi connectivity index (χ3v) is 5.55. The Morgan fingerprint density at radius 3 is 2.31 bits per heavy atom. The fraction of sp³-hybridized carbons (Fsp3) is 0.231. The minimum atomic E-state index is -4.66. The first-order chi connectivity index (χ1) is 18.2. The number of alkyl halides is 3. The van der Waals surface area contributed by atoms with Crippen molar-refractivity contribution in [3.8, 4) is 17.0 Å². The second-order valence-corrected chi connectivity index (χ2v) is 9.60. The Morgan fingerprint density at radius 2 is 1.74 bits per heavy atom. The van der Waals surface area contributed by atoms with Gasteiger partial charge in [0.2, 0.25) is 0 Å². The monoisotopic (exact) mass is 543 g/mol. The van der Waals surface area contributed by atoms with Crippen molar-refractivity contribution in [1.82, 2.24) is 19.7 Å². The summed E-state index contributed by atoms with van der Waals surface area (Å²) in [5.74, 6) is -0.859. The maximum absolute atomic E-state index is 13.2. The summed E-state index contributed by atoms with van der Waals surface area (Å²) in [5.41, 5.74) is 11.6. The van der Waals surface area contributed by atoms with Gasteiger partial charge in [-0.3, -0.25) is 4.79 Å². The normalized spacial score (nSPS) is 11.9. The third kappa shape index (κ3) is 6.08. The van der Waals surface area contributed by atoms with Crippen molar-refractivity contribution < 1.29 is 27.1 Å². The van der Waals surface area contributed by atoms with Crippen LogP contribution in [0.3, 0.4) is 0 Å². The van der Waals surface area contributed by atoms with Gasteiger partial charge < -0.3 is 21.5 Å². The van der Waals surface area contributed by atoms with Gasteiger partial charge in [0.15, 0.2) is 5.69 Å². The number of halogens is 4. The van der Waals surface area contributed by atoms with Crippen LogP contribution in [0.1, 0.15) is 42.4 Å². The highest BCUT2D eigenvalue weighted by atomic mass is 19.4. The van der Waals surface area contributed by atoms with Crippen LogP contribution in [-0.4, -0.2) is 25.7 Å². The van der Waals surface area contributed by atoms with Gasteiger partial charge in [0.1, 0.15) is 41.1 Å². The first-order valence-corrected chi connectivity index (χ1v) is 11.6. The Bertz CT molecular complexity index is 1490. The molecular weight excluding hydrogens is 518 g/mol. The zero-order valence-corrected chi connectivity index (χ0v) is 21.2. The Morgan fingerprint density at radius 1 is 1.05 bits per heavy atom. The fourth-order valence-electron chi connectivity index (χ4n) is 3.66. The number of primary amides is 1. The number of anilines is 3. The van der Waals surface area contributed by atoms with Crippen molar-refractivity contribution in [1.29, 1.82) is 0 Å². The van der Waals surface area contributed by atoms with Crippen LogP contribution >= 0.6 is 0 Å². The van der Waals surface area contributed by atoms with Crippen LogP contribution in [0, 0.1) is 5.82 Å². The molecule has 0 unspecified atom stereocenters. The summed E-state index contributed by atoms with van der Waals surface area (Å²) in [6.45, 7) is 5.56. The standard InChI is InChI=1S/C26H25F4N7O2/c1-25(2,3)37-24(35-20-12-33-19(11-34-20)26(28,29)30)21(23(32)38)22(36-37)15-6-9-17(31)18(10-15)39-13-14-4-7-16(27)8-5-14/h4-12H,13,31H2,1-3H3,(H2,32,38)(H,34,35). The zero-order valence-electron chi connectivity index (χ0n) is 21.2. The number of hydrogen-bond acceptors (Lipinski definition) is 7. The van der Waals surface area contributed by atoms with E-state index in [9.17, 15) is 22.4 Å². The molecule has 2 aromatic heterocycles. The molecule has 0 fully saturated rings. The van der Waals surface area contributed by atoms with Crippen LogP contribution in [-0.2, 0) is 18.3 Å². The van der Waals surface area contributed by atoms with E-state index >= 15 is 0 Å². The van der Waals surface area contributed by atoms with Gasteiger partial charge in [0.05, 0.1) is 23.6 Å². The topological polar surface area (TPSA) is 134 Å². The summed E-state index contributed by atoms with van der Waals surface area (Å²) < 4.78 is 59.3. The van der Waals surface area contributed by atoms with Crippen molar-refractivity contribution in [3.05, 3.63) is 77.5 Å². The first kappa shape index (κ1) is 27.4. The second-order valence-electron chi connectivity index (χ2n) is 9.60. The van der Waals surface area contributed by atoms with E-state index in [-0.39, 0.29) is 35.3 Å². The molecule has 0 radical (unpaired) electrons. The molecule has 0 saturated heterocycles. The van der Waals surface area contributed by atoms with Gasteiger partial charge >= 0.3 is 6.18 Å². The molecule has 0 aliphatic rings. The number of aromatic nitrogens is 4. The summed E-state index contributed by atoms with van der Waals surface area (Å²) in [4.78, 5) is 19.9. The van der Waals surface area contributed by atoms with Crippen LogP contribution in [0.5, 0.6) is 5.75 Å². The van der Waals surface area contributed by atoms with E-state index < -0.39 is 23.3 Å². The molecule has 0 spiro atoms. The lowest BCUT2D eigenvalue weighted by Crippen LogP contribution is -2.25. The average Bonchev–Trinajstić information content (AvgIpc) is 3.24. The fourth-order valence-corrected chi connectivity index (χ4v) is 3.66. The molecule has 2 aromatic carbocycles. The molecule has 0 aliphatic carbocycles. The van der Waals surface area contributed by atoms with Gasteiger partial charge in [-0.2, -0.15) is 18.3 Å². The van der Waals surface area contributed by atoms with Gasteiger partial charge in [-0.05, 0) is 50.6 Å². The van der Waals surface area contributed by atoms with Crippen molar-refractivity contribution >= 4 is 23.2 Å². The molecule has 39 heavy (non-hydrogen) atoms. The molecule has 5 N–H and O–H groups in total. The van der Waals surface area contributed by atoms with Crippen LogP contribution in [0.25, 0.3) is 11.3 Å². The number of benzene rings is 2. The summed E-state index contributed by atoms with van der Waals surface area (Å²) in [6.07, 6.45) is -3.18. The number of carbonyl (C=O) groups excluding carboxylic acids is 1. The van der Waals surface area contributed by atoms with Gasteiger partial charge in [-0.25, -0.2) is 19.0 Å². The highest BCUT2D eigenvalue weighted by Crippen LogP contribution is 2.37. The number of ether oxygens (including phenoxy) is 1. The van der Waals surface area contributed by atoms with E-state index in [1.54, 1.807) is 30.3 Å². The molecule has 0 aliphatic heterocycles. The lowest BCUT2D eigenvalue weighted by atomic mass is 10.1. The number of nitrogens with two attached hydrogens (primary N) is 2. The first-order valence-electron chi connectivity index (χ1n) is 11.6. The number of nitrogens with one attached hydrogen (secondary N) is 1. The molecular formula is C26H25F4N7O2. The molecule has 2 heterocycles. The highest BCUT2D eigenvalue weighted by Gasteiger charge is 2.33. The summed E-state index contributed by atoms with van der Waals surface area (Å²) >= 11 is 0. The van der Waals surface area contributed by atoms with Gasteiger partial charge in [-0.15, -0.1) is 0 Å². The maximum atomic E-state index is 13.2. The van der Waals surface area contributed by atoms with Gasteiger partial charge in [0.25, 0.3) is 5.91 Å². The van der Waals surface area contributed by atoms with Crippen LogP contribution < -0.4 is 21.5 Å². The zero-order chi connectivity index (χ0) is 28.5. The minimum absolute atomic E-state index is 0.0270. The largest absolute Gasteiger partial charge is 0.487 e. The van der Waals surface area contributed by atoms with Crippen LogP contribution in [0.15, 0.2) is 54.9 Å². The van der Waals surface area contributed by atoms with Crippen LogP contribution in [0.4, 0.5) is 34.9 Å². The Balaban J connectivity index is 1.75. The number of nitrogens with zero attached hydrogens (tertiary/aromatic N) is 4. The molecule has 0 saturated carbocycles. The molecule has 4 aromatic rings. The second kappa shape index (κ2) is 10.2. The van der Waals surface area contributed by atoms with Crippen molar-refractivity contribution in [3.63, 3.8) is 0 Å². The third-order valence-electron chi connectivity index (χ3n) is 5.55. The van der Waals surface area contributed by atoms with Crippen LogP contribution in [0.2, 0.25) is 0 Å². The Kier molecular flexibility index (Phi) is 7.18. The van der Waals surface area contributed by atoms with E-state index in [2.05, 4.69) is 20.4 Å². The van der Waals surface area contributed by atoms with Crippen molar-refractivity contribution in [2.45, 2.75) is 39.1 Å². The number of carbonyl (C=O) groups is 1. The van der Waals surface area contributed by atoms with Crippen molar-refractivity contribution in [2.75, 3.05) is 11.1 Å². The van der Waals surface area contributed by atoms with Crippen molar-refractivity contribution in [2.24, 2.45) is 5.73 Å². The lowest BCUT2D eigenvalue weighted by Gasteiger charge is -2.23. The van der Waals surface area contributed by atoms with E-state index in [4.69, 9.17) is 16.2 Å². The maximum Gasteiger partial charge on any atom is 0.434 e. The Labute approximate surface area is 220 Å². The van der Waals surface area contributed by atoms with E-state index in [0.717, 1.165) is 6.20 Å². The van der Waals surface area contributed by atoms with E-state index in [1.165, 1.54) is 16.8 Å². The SMILES string of the molecule is CC(C)(C)n1nc(-c2ccc(N)c(OCc3ccc(F)cc3)c2)c(C(N)=O)c1Nc1cnc(C(F)(F)F)cn1. The van der Waals surface area contributed by atoms with E-state index in [0.29, 0.717) is 28.8 Å². The number of rotatable bonds is 7. The molecule has 1 amide bonds. The predicted octanol–water partition coefficient (Wildman–Crippen LogP) is 5.26. The lowest BCUT2D eigenvalue weighted by molar-refractivity contribution is -0.141. The molecule has 9 nitrogen and oxygen atoms in total. The number of nitrogen functional groups attached to an aromatic ring is 1. The average molecular weight is 544 g/mol. The van der Waals surface area contributed by atoms with Gasteiger partial charge in [-0.1, -0.05) is 18.2 Å². The Hall–Kier alpha value is -4.68.